The fourth-order valence-electron chi connectivity index (χ4n) is 11.5. The molecule has 0 spiro atoms. The number of aromatic nitrogens is 4. The van der Waals surface area contributed by atoms with Gasteiger partial charge in [-0.1, -0.05) is 97.1 Å². The van der Waals surface area contributed by atoms with Crippen LogP contribution in [0, 0.1) is 55.4 Å². The summed E-state index contributed by atoms with van der Waals surface area (Å²) in [7, 11) is 0. The second-order valence-electron chi connectivity index (χ2n) is 18.6. The maximum absolute atomic E-state index is 6.95. The minimum Gasteiger partial charge on any atom is -0.457 e. The fourth-order valence-corrected chi connectivity index (χ4v) is 11.5. The van der Waals surface area contributed by atoms with Gasteiger partial charge in [0.25, 0.3) is 0 Å². The van der Waals surface area contributed by atoms with Crippen LogP contribution < -0.4 is 4.74 Å². The van der Waals surface area contributed by atoms with Crippen molar-refractivity contribution in [1.82, 2.24) is 18.8 Å². The van der Waals surface area contributed by atoms with E-state index in [4.69, 9.17) is 14.7 Å². The Labute approximate surface area is 390 Å². The Morgan fingerprint density at radius 2 is 0.657 bits per heavy atom. The quantitative estimate of drug-likeness (QED) is 0.156. The van der Waals surface area contributed by atoms with Gasteiger partial charge in [-0.25, -0.2) is 9.97 Å². The van der Waals surface area contributed by atoms with Crippen LogP contribution in [-0.2, 0) is 0 Å². The Balaban J connectivity index is 1.09. The molecule has 8 aromatic carbocycles. The smallest absolute Gasteiger partial charge is 0.145 e. The highest BCUT2D eigenvalue weighted by atomic mass is 16.5. The number of hydrogen-bond acceptors (Lipinski definition) is 3. The molecule has 0 aliphatic carbocycles. The largest absolute Gasteiger partial charge is 0.457 e. The van der Waals surface area contributed by atoms with Gasteiger partial charge in [0.15, 0.2) is 0 Å². The second-order valence-corrected chi connectivity index (χ2v) is 18.6. The van der Waals surface area contributed by atoms with Gasteiger partial charge in [-0.2, -0.15) is 0 Å². The maximum atomic E-state index is 6.95. The molecule has 0 saturated carbocycles. The molecule has 0 saturated heterocycles. The van der Waals surface area contributed by atoms with Crippen LogP contribution in [-0.4, -0.2) is 18.8 Å². The van der Waals surface area contributed by atoms with E-state index in [1.165, 1.54) is 99.8 Å². The van der Waals surface area contributed by atoms with Crippen molar-refractivity contribution in [3.05, 3.63) is 203 Å². The fraction of sp³-hybridized carbons (Fsp3) is 0.129. The summed E-state index contributed by atoms with van der Waals surface area (Å²) in [6, 6.07) is 48.7. The topological polar surface area (TPSA) is 43.8 Å². The summed E-state index contributed by atoms with van der Waals surface area (Å²) in [6.45, 7) is 17.7. The van der Waals surface area contributed by atoms with Gasteiger partial charge in [0.2, 0.25) is 0 Å². The molecular weight excluding hydrogens is 817 g/mol. The summed E-state index contributed by atoms with van der Waals surface area (Å²) < 4.78 is 11.5. The van der Waals surface area contributed by atoms with Gasteiger partial charge < -0.3 is 4.74 Å². The first-order valence-corrected chi connectivity index (χ1v) is 23.2. The van der Waals surface area contributed by atoms with Crippen LogP contribution in [0.2, 0.25) is 0 Å². The van der Waals surface area contributed by atoms with Crippen molar-refractivity contribution < 1.29 is 4.74 Å². The summed E-state index contributed by atoms with van der Waals surface area (Å²) in [4.78, 5) is 10.1. The molecule has 0 N–H and O–H groups in total. The third kappa shape index (κ3) is 6.14. The number of pyridine rings is 2. The lowest BCUT2D eigenvalue weighted by molar-refractivity contribution is 0.484. The molecule has 0 atom stereocenters. The Morgan fingerprint density at radius 1 is 0.343 bits per heavy atom. The first kappa shape index (κ1) is 40.5. The lowest BCUT2D eigenvalue weighted by Gasteiger charge is -2.21. The van der Waals surface area contributed by atoms with E-state index < -0.39 is 0 Å². The normalized spacial score (nSPS) is 11.9. The van der Waals surface area contributed by atoms with Crippen LogP contribution in [0.1, 0.15) is 44.5 Å². The molecule has 4 heterocycles. The number of rotatable bonds is 6. The third-order valence-electron chi connectivity index (χ3n) is 14.4. The highest BCUT2D eigenvalue weighted by molar-refractivity contribution is 6.22. The van der Waals surface area contributed by atoms with Crippen molar-refractivity contribution in [3.8, 4) is 56.0 Å². The van der Waals surface area contributed by atoms with Crippen LogP contribution in [0.4, 0.5) is 0 Å². The van der Waals surface area contributed by atoms with E-state index >= 15 is 0 Å². The molecule has 12 aromatic rings. The maximum Gasteiger partial charge on any atom is 0.145 e. The van der Waals surface area contributed by atoms with Gasteiger partial charge in [-0.05, 0) is 180 Å². The van der Waals surface area contributed by atoms with E-state index in [0.717, 1.165) is 55.4 Å². The molecule has 324 valence electrons. The summed E-state index contributed by atoms with van der Waals surface area (Å²) >= 11 is 0. The minimum atomic E-state index is 0.740. The van der Waals surface area contributed by atoms with E-state index in [2.05, 4.69) is 210 Å². The van der Waals surface area contributed by atoms with E-state index in [1.54, 1.807) is 0 Å². The first-order valence-electron chi connectivity index (χ1n) is 23.2. The Hall–Kier alpha value is -8.02. The third-order valence-corrected chi connectivity index (χ3v) is 14.4. The SMILES string of the molecule is Cc1cccc(C)c1-c1ccc(-c2c(C)cccc2C)c2c1c1ccc(Oc3ccc4c(c3)c3nccn3c3c(-c5c(C)cccc5C)ccc(-c5c(C)cccc5C)c43)cc1c1nccn12. The van der Waals surface area contributed by atoms with Crippen molar-refractivity contribution in [1.29, 1.82) is 0 Å². The molecule has 12 rings (SSSR count). The molecule has 0 fully saturated rings. The predicted octanol–water partition coefficient (Wildman–Crippen LogP) is 16.5. The van der Waals surface area contributed by atoms with Gasteiger partial charge in [0.05, 0.1) is 11.0 Å². The lowest BCUT2D eigenvalue weighted by Crippen LogP contribution is -2.00. The number of aryl methyl sites for hydroxylation is 8. The number of nitrogens with zero attached hydrogens (tertiary/aromatic N) is 4. The molecule has 0 aliphatic heterocycles. The second kappa shape index (κ2) is 15.3. The molecule has 0 bridgehead atoms. The standard InChI is InChI=1S/C62H50N4O/c1-35-13-9-14-36(2)53(35)47-25-27-49(55-39(5)17-11-18-40(55)6)59-57(47)45-23-21-43(33-51(45)61-63-29-31-65(59)61)67-44-22-24-46-52(34-44)62-64-30-32-66(62)60-50(56-41(7)19-12-20-42(56)8)28-26-48(58(46)60)54-37(3)15-10-16-38(54)4/h9-34H,1-8H3. The minimum absolute atomic E-state index is 0.740. The van der Waals surface area contributed by atoms with Crippen molar-refractivity contribution in [3.63, 3.8) is 0 Å². The summed E-state index contributed by atoms with van der Waals surface area (Å²) in [6.07, 6.45) is 8.06. The highest BCUT2D eigenvalue weighted by Gasteiger charge is 2.24. The zero-order valence-electron chi connectivity index (χ0n) is 39.2. The molecule has 0 radical (unpaired) electrons. The Bertz CT molecular complexity index is 3710. The van der Waals surface area contributed by atoms with Crippen molar-refractivity contribution in [2.45, 2.75) is 55.4 Å². The molecule has 0 amide bonds. The lowest BCUT2D eigenvalue weighted by atomic mass is 9.86. The summed E-state index contributed by atoms with van der Waals surface area (Å²) in [5.74, 6) is 1.48. The molecule has 67 heavy (non-hydrogen) atoms. The van der Waals surface area contributed by atoms with Crippen LogP contribution in [0.3, 0.4) is 0 Å². The van der Waals surface area contributed by atoms with Gasteiger partial charge in [0.1, 0.15) is 22.8 Å². The zero-order chi connectivity index (χ0) is 45.8. The number of benzene rings is 8. The Morgan fingerprint density at radius 3 is 1.00 bits per heavy atom. The van der Waals surface area contributed by atoms with Gasteiger partial charge in [-0.3, -0.25) is 8.80 Å². The van der Waals surface area contributed by atoms with Gasteiger partial charge in [-0.15, -0.1) is 0 Å². The Kier molecular flexibility index (Phi) is 9.24. The average Bonchev–Trinajstić information content (AvgIpc) is 4.01. The van der Waals surface area contributed by atoms with E-state index in [0.29, 0.717) is 0 Å². The van der Waals surface area contributed by atoms with Crippen molar-refractivity contribution >= 4 is 54.6 Å². The zero-order valence-corrected chi connectivity index (χ0v) is 39.2. The summed E-state index contributed by atoms with van der Waals surface area (Å²) in [5, 5.41) is 6.72. The number of ether oxygens (including phenoxy) is 1. The highest BCUT2D eigenvalue weighted by Crippen LogP contribution is 2.47. The van der Waals surface area contributed by atoms with Crippen LogP contribution in [0.15, 0.2) is 158 Å². The molecule has 0 aliphatic rings. The number of hydrogen-bond donors (Lipinski definition) is 0. The van der Waals surface area contributed by atoms with Crippen LogP contribution >= 0.6 is 0 Å². The average molecular weight is 867 g/mol. The number of fused-ring (bicyclic) bond motifs is 12. The molecule has 5 heteroatoms. The summed E-state index contributed by atoms with van der Waals surface area (Å²) in [5.41, 5.74) is 23.9. The number of imidazole rings is 2. The molecule has 4 aromatic heterocycles. The van der Waals surface area contributed by atoms with Gasteiger partial charge in [0, 0.05) is 57.5 Å². The molecule has 0 unspecified atom stereocenters. The van der Waals surface area contributed by atoms with Crippen molar-refractivity contribution in [2.24, 2.45) is 0 Å². The van der Waals surface area contributed by atoms with E-state index in [9.17, 15) is 0 Å². The van der Waals surface area contributed by atoms with Crippen molar-refractivity contribution in [2.75, 3.05) is 0 Å². The predicted molar refractivity (Wildman–Crippen MR) is 280 cm³/mol. The van der Waals surface area contributed by atoms with Crippen LogP contribution in [0.5, 0.6) is 11.5 Å². The van der Waals surface area contributed by atoms with Crippen LogP contribution in [0.25, 0.3) is 99.2 Å². The first-order chi connectivity index (χ1) is 32.6. The van der Waals surface area contributed by atoms with E-state index in [-0.39, 0.29) is 0 Å². The van der Waals surface area contributed by atoms with E-state index in [1.807, 2.05) is 12.4 Å². The van der Waals surface area contributed by atoms with Gasteiger partial charge >= 0.3 is 0 Å². The monoisotopic (exact) mass is 866 g/mol. The molecule has 5 nitrogen and oxygen atoms in total. The molecular formula is C62H50N4O.